The summed E-state index contributed by atoms with van der Waals surface area (Å²) in [4.78, 5) is 5.51. The van der Waals surface area contributed by atoms with Crippen molar-refractivity contribution in [3.8, 4) is 5.75 Å². The van der Waals surface area contributed by atoms with Gasteiger partial charge in [0.25, 0.3) is 0 Å². The normalized spacial score (nSPS) is 10.8. The molecule has 2 aromatic heterocycles. The number of thiophene rings is 1. The molecule has 0 aliphatic carbocycles. The number of ether oxygens (including phenoxy) is 1. The van der Waals surface area contributed by atoms with Gasteiger partial charge in [0.15, 0.2) is 0 Å². The Morgan fingerprint density at radius 2 is 2.11 bits per heavy atom. The fraction of sp³-hybridized carbons (Fsp3) is 0.0714. The van der Waals surface area contributed by atoms with Crippen molar-refractivity contribution in [2.24, 2.45) is 0 Å². The smallest absolute Gasteiger partial charge is 0.146 e. The van der Waals surface area contributed by atoms with E-state index in [1.54, 1.807) is 17.5 Å². The number of pyridine rings is 1. The maximum Gasteiger partial charge on any atom is 0.146 e. The minimum atomic E-state index is 0.534. The Hall–Kier alpha value is -1.59. The number of anilines is 1. The maximum absolute atomic E-state index is 5.94. The molecule has 0 aliphatic heterocycles. The van der Waals surface area contributed by atoms with E-state index in [4.69, 9.17) is 10.5 Å². The molecule has 5 heteroatoms. The van der Waals surface area contributed by atoms with E-state index in [1.807, 2.05) is 36.4 Å². The summed E-state index contributed by atoms with van der Waals surface area (Å²) in [5, 5.41) is 0.923. The van der Waals surface area contributed by atoms with Crippen molar-refractivity contribution < 1.29 is 4.74 Å². The summed E-state index contributed by atoms with van der Waals surface area (Å²) in [5.41, 5.74) is 7.46. The van der Waals surface area contributed by atoms with E-state index in [-0.39, 0.29) is 0 Å². The molecule has 0 radical (unpaired) electrons. The molecule has 2 heterocycles. The van der Waals surface area contributed by atoms with Crippen molar-refractivity contribution in [3.63, 3.8) is 0 Å². The highest BCUT2D eigenvalue weighted by Crippen LogP contribution is 2.29. The lowest BCUT2D eigenvalue weighted by molar-refractivity contribution is 0.313. The van der Waals surface area contributed by atoms with Crippen LogP contribution in [-0.4, -0.2) is 4.98 Å². The SMILES string of the molecule is Nc1ccc(OCc2ccc(Br)s2)c2ncccc12. The number of hydrogen-bond acceptors (Lipinski definition) is 4. The van der Waals surface area contributed by atoms with Gasteiger partial charge in [0.2, 0.25) is 0 Å². The first-order valence-corrected chi connectivity index (χ1v) is 7.35. The molecule has 0 spiro atoms. The van der Waals surface area contributed by atoms with Crippen LogP contribution in [0.2, 0.25) is 0 Å². The fourth-order valence-corrected chi connectivity index (χ4v) is 3.26. The average molecular weight is 335 g/mol. The van der Waals surface area contributed by atoms with Gasteiger partial charge in [0.1, 0.15) is 17.9 Å². The van der Waals surface area contributed by atoms with Crippen LogP contribution in [0.15, 0.2) is 46.4 Å². The predicted octanol–water partition coefficient (Wildman–Crippen LogP) is 4.22. The first-order valence-electron chi connectivity index (χ1n) is 5.74. The van der Waals surface area contributed by atoms with Crippen molar-refractivity contribution in [2.45, 2.75) is 6.61 Å². The second-order valence-electron chi connectivity index (χ2n) is 4.05. The molecule has 1 aromatic carbocycles. The molecule has 0 aliphatic rings. The standard InChI is InChI=1S/C14H11BrN2OS/c15-13-6-3-9(19-13)8-18-12-5-4-11(16)10-2-1-7-17-14(10)12/h1-7H,8,16H2. The van der Waals surface area contributed by atoms with Gasteiger partial charge in [0, 0.05) is 22.1 Å². The van der Waals surface area contributed by atoms with Crippen LogP contribution in [0.25, 0.3) is 10.9 Å². The lowest BCUT2D eigenvalue weighted by atomic mass is 10.2. The highest BCUT2D eigenvalue weighted by molar-refractivity contribution is 9.11. The Morgan fingerprint density at radius 3 is 2.89 bits per heavy atom. The van der Waals surface area contributed by atoms with Crippen LogP contribution in [0, 0.1) is 0 Å². The molecule has 0 saturated heterocycles. The number of nitrogens with two attached hydrogens (primary N) is 1. The molecule has 0 atom stereocenters. The van der Waals surface area contributed by atoms with E-state index in [0.29, 0.717) is 12.3 Å². The van der Waals surface area contributed by atoms with Gasteiger partial charge in [0.05, 0.1) is 3.79 Å². The number of benzene rings is 1. The second-order valence-corrected chi connectivity index (χ2v) is 6.59. The Balaban J connectivity index is 1.91. The van der Waals surface area contributed by atoms with E-state index in [9.17, 15) is 0 Å². The van der Waals surface area contributed by atoms with Crippen molar-refractivity contribution in [3.05, 3.63) is 51.3 Å². The summed E-state index contributed by atoms with van der Waals surface area (Å²) in [6, 6.07) is 11.6. The molecule has 0 saturated carbocycles. The number of nitrogen functional groups attached to an aromatic ring is 1. The van der Waals surface area contributed by atoms with Gasteiger partial charge in [-0.25, -0.2) is 0 Å². The zero-order chi connectivity index (χ0) is 13.2. The summed E-state index contributed by atoms with van der Waals surface area (Å²) in [6.45, 7) is 0.534. The quantitative estimate of drug-likeness (QED) is 0.729. The molecule has 3 aromatic rings. The molecule has 3 rings (SSSR count). The summed E-state index contributed by atoms with van der Waals surface area (Å²) < 4.78 is 6.95. The molecule has 19 heavy (non-hydrogen) atoms. The van der Waals surface area contributed by atoms with Gasteiger partial charge in [-0.1, -0.05) is 0 Å². The molecule has 2 N–H and O–H groups in total. The molecular weight excluding hydrogens is 324 g/mol. The number of fused-ring (bicyclic) bond motifs is 1. The van der Waals surface area contributed by atoms with Crippen molar-refractivity contribution in [1.29, 1.82) is 0 Å². The molecule has 3 nitrogen and oxygen atoms in total. The van der Waals surface area contributed by atoms with Crippen LogP contribution in [0.3, 0.4) is 0 Å². The van der Waals surface area contributed by atoms with Crippen LogP contribution in [0.5, 0.6) is 5.75 Å². The van der Waals surface area contributed by atoms with Gasteiger partial charge in [-0.15, -0.1) is 11.3 Å². The zero-order valence-corrected chi connectivity index (χ0v) is 12.4. The van der Waals surface area contributed by atoms with Gasteiger partial charge >= 0.3 is 0 Å². The zero-order valence-electron chi connectivity index (χ0n) is 9.97. The third-order valence-electron chi connectivity index (χ3n) is 2.77. The number of halogens is 1. The highest BCUT2D eigenvalue weighted by atomic mass is 79.9. The first kappa shape index (κ1) is 12.4. The molecule has 96 valence electrons. The summed E-state index contributed by atoms with van der Waals surface area (Å²) >= 11 is 5.10. The largest absolute Gasteiger partial charge is 0.486 e. The number of rotatable bonds is 3. The van der Waals surface area contributed by atoms with Gasteiger partial charge in [-0.2, -0.15) is 0 Å². The molecule has 0 bridgehead atoms. The average Bonchev–Trinajstić information content (AvgIpc) is 2.84. The molecule has 0 fully saturated rings. The number of hydrogen-bond donors (Lipinski definition) is 1. The third kappa shape index (κ3) is 2.57. The Labute approximate surface area is 123 Å². The topological polar surface area (TPSA) is 48.1 Å². The van der Waals surface area contributed by atoms with Gasteiger partial charge in [-0.3, -0.25) is 4.98 Å². The monoisotopic (exact) mass is 334 g/mol. The summed E-state index contributed by atoms with van der Waals surface area (Å²) in [6.07, 6.45) is 1.75. The van der Waals surface area contributed by atoms with Crippen LogP contribution in [0.1, 0.15) is 4.88 Å². The van der Waals surface area contributed by atoms with E-state index in [2.05, 4.69) is 20.9 Å². The third-order valence-corrected chi connectivity index (χ3v) is 4.36. The van der Waals surface area contributed by atoms with E-state index in [1.165, 1.54) is 0 Å². The minimum absolute atomic E-state index is 0.534. The van der Waals surface area contributed by atoms with E-state index < -0.39 is 0 Å². The van der Waals surface area contributed by atoms with E-state index >= 15 is 0 Å². The lowest BCUT2D eigenvalue weighted by Crippen LogP contribution is -1.96. The molecule has 0 amide bonds. The number of aromatic nitrogens is 1. The highest BCUT2D eigenvalue weighted by Gasteiger charge is 2.07. The molecular formula is C14H11BrN2OS. The maximum atomic E-state index is 5.94. The van der Waals surface area contributed by atoms with Crippen molar-refractivity contribution >= 4 is 43.9 Å². The van der Waals surface area contributed by atoms with Crippen LogP contribution in [-0.2, 0) is 6.61 Å². The number of nitrogens with zero attached hydrogens (tertiary/aromatic N) is 1. The summed E-state index contributed by atoms with van der Waals surface area (Å²) in [5.74, 6) is 0.759. The van der Waals surface area contributed by atoms with E-state index in [0.717, 1.165) is 25.3 Å². The molecule has 0 unspecified atom stereocenters. The van der Waals surface area contributed by atoms with Crippen LogP contribution >= 0.6 is 27.3 Å². The van der Waals surface area contributed by atoms with Crippen molar-refractivity contribution in [2.75, 3.05) is 5.73 Å². The van der Waals surface area contributed by atoms with Gasteiger partial charge in [-0.05, 0) is 52.3 Å². The van der Waals surface area contributed by atoms with Crippen LogP contribution < -0.4 is 10.5 Å². The first-order chi connectivity index (χ1) is 9.24. The Bertz CT molecular complexity index is 726. The Morgan fingerprint density at radius 1 is 1.21 bits per heavy atom. The Kier molecular flexibility index (Phi) is 3.40. The van der Waals surface area contributed by atoms with Gasteiger partial charge < -0.3 is 10.5 Å². The fourth-order valence-electron chi connectivity index (χ4n) is 1.86. The minimum Gasteiger partial charge on any atom is -0.486 e. The predicted molar refractivity (Wildman–Crippen MR) is 82.5 cm³/mol. The summed E-state index contributed by atoms with van der Waals surface area (Å²) in [7, 11) is 0. The second kappa shape index (κ2) is 5.19. The lowest BCUT2D eigenvalue weighted by Gasteiger charge is -2.09. The van der Waals surface area contributed by atoms with Crippen LogP contribution in [0.4, 0.5) is 5.69 Å². The van der Waals surface area contributed by atoms with Crippen molar-refractivity contribution in [1.82, 2.24) is 4.98 Å².